The lowest BCUT2D eigenvalue weighted by Crippen LogP contribution is -2.56. The van der Waals surface area contributed by atoms with Gasteiger partial charge in [-0.1, -0.05) is 19.4 Å². The Bertz CT molecular complexity index is 821. The van der Waals surface area contributed by atoms with Gasteiger partial charge in [0.25, 0.3) is 5.91 Å². The van der Waals surface area contributed by atoms with Gasteiger partial charge in [-0.3, -0.25) is 14.5 Å². The van der Waals surface area contributed by atoms with Gasteiger partial charge in [0.2, 0.25) is 5.91 Å². The summed E-state index contributed by atoms with van der Waals surface area (Å²) in [5.41, 5.74) is -0.809. The average molecular weight is 461 g/mol. The monoisotopic (exact) mass is 460 g/mol. The number of nitrogens with zero attached hydrogens (tertiary/aromatic N) is 3. The van der Waals surface area contributed by atoms with Gasteiger partial charge in [-0.05, 0) is 69.5 Å². The first-order chi connectivity index (χ1) is 15.4. The molecule has 1 aromatic heterocycles. The van der Waals surface area contributed by atoms with Gasteiger partial charge in [-0.25, -0.2) is 4.79 Å². The topological polar surface area (TPSA) is 73.0 Å². The van der Waals surface area contributed by atoms with Crippen LogP contribution in [0.1, 0.15) is 56.7 Å². The van der Waals surface area contributed by atoms with Gasteiger partial charge in [-0.2, -0.15) is 0 Å². The second-order valence-electron chi connectivity index (χ2n) is 9.58. The van der Waals surface area contributed by atoms with Crippen molar-refractivity contribution in [3.05, 3.63) is 22.4 Å². The first kappa shape index (κ1) is 23.2. The van der Waals surface area contributed by atoms with Crippen LogP contribution in [0.15, 0.2) is 17.5 Å². The van der Waals surface area contributed by atoms with Crippen LogP contribution in [-0.4, -0.2) is 77.4 Å². The maximum atomic E-state index is 13.6. The van der Waals surface area contributed by atoms with Crippen molar-refractivity contribution in [1.82, 2.24) is 20.0 Å². The largest absolute Gasteiger partial charge is 0.342 e. The van der Waals surface area contributed by atoms with E-state index in [2.05, 4.69) is 24.2 Å². The quantitative estimate of drug-likeness (QED) is 0.605. The van der Waals surface area contributed by atoms with E-state index in [0.29, 0.717) is 38.5 Å². The van der Waals surface area contributed by atoms with E-state index in [0.717, 1.165) is 43.5 Å². The lowest BCUT2D eigenvalue weighted by molar-refractivity contribution is -0.136. The van der Waals surface area contributed by atoms with Crippen molar-refractivity contribution in [2.75, 3.05) is 33.2 Å². The summed E-state index contributed by atoms with van der Waals surface area (Å²) in [5.74, 6) is 0.178. The second-order valence-corrected chi connectivity index (χ2v) is 10.6. The SMILES string of the molecule is CCC[C@]1(C2CCN(C(=O)Cc3cccs3)CC2)NC(=O)N(CC[C@H]2CCCN2C)C1=O. The molecule has 32 heavy (non-hydrogen) atoms. The Morgan fingerprint density at radius 2 is 2.00 bits per heavy atom. The van der Waals surface area contributed by atoms with E-state index in [1.54, 1.807) is 11.3 Å². The van der Waals surface area contributed by atoms with Gasteiger partial charge < -0.3 is 15.1 Å². The average Bonchev–Trinajstić information content (AvgIpc) is 3.49. The number of imide groups is 1. The molecule has 3 saturated heterocycles. The number of carbonyl (C=O) groups is 3. The number of hydrogen-bond acceptors (Lipinski definition) is 5. The highest BCUT2D eigenvalue weighted by atomic mass is 32.1. The van der Waals surface area contributed by atoms with Crippen molar-refractivity contribution < 1.29 is 14.4 Å². The standard InChI is InChI=1S/C24H36N4O3S/c1-3-11-24(18-8-13-27(14-9-18)21(29)17-20-7-5-16-32-20)22(30)28(23(31)25-24)15-10-19-6-4-12-26(19)2/h5,7,16,18-19H,3-4,6,8-15,17H2,1-2H3,(H,25,31)/t19-,24-/m1/s1. The number of rotatable bonds is 8. The van der Waals surface area contributed by atoms with E-state index < -0.39 is 5.54 Å². The van der Waals surface area contributed by atoms with Gasteiger partial charge in [0.1, 0.15) is 5.54 Å². The van der Waals surface area contributed by atoms with E-state index in [1.165, 1.54) is 11.3 Å². The fraction of sp³-hybridized carbons (Fsp3) is 0.708. The summed E-state index contributed by atoms with van der Waals surface area (Å²) in [5, 5.41) is 5.12. The lowest BCUT2D eigenvalue weighted by atomic mass is 9.74. The molecule has 0 unspecified atom stereocenters. The third-order valence-electron chi connectivity index (χ3n) is 7.65. The molecule has 4 rings (SSSR count). The summed E-state index contributed by atoms with van der Waals surface area (Å²) in [6.45, 7) is 4.95. The Morgan fingerprint density at radius 3 is 2.62 bits per heavy atom. The third kappa shape index (κ3) is 4.57. The first-order valence-electron chi connectivity index (χ1n) is 12.1. The number of likely N-dealkylation sites (tertiary alicyclic amines) is 2. The number of amides is 4. The number of thiophene rings is 1. The number of urea groups is 1. The number of hydrogen-bond donors (Lipinski definition) is 1. The third-order valence-corrected chi connectivity index (χ3v) is 8.53. The Balaban J connectivity index is 1.38. The lowest BCUT2D eigenvalue weighted by Gasteiger charge is -2.41. The highest BCUT2D eigenvalue weighted by Crippen LogP contribution is 2.37. The molecular formula is C24H36N4O3S. The number of carbonyl (C=O) groups excluding carboxylic acids is 3. The van der Waals surface area contributed by atoms with Crippen LogP contribution < -0.4 is 5.32 Å². The number of piperidine rings is 1. The molecule has 1 N–H and O–H groups in total. The zero-order valence-corrected chi connectivity index (χ0v) is 20.2. The molecule has 3 fully saturated rings. The van der Waals surface area contributed by atoms with Crippen molar-refractivity contribution in [1.29, 1.82) is 0 Å². The van der Waals surface area contributed by atoms with Crippen LogP contribution in [0.25, 0.3) is 0 Å². The molecule has 0 radical (unpaired) electrons. The Kier molecular flexibility index (Phi) is 7.20. The Hall–Kier alpha value is -1.93. The molecule has 3 aliphatic rings. The fourth-order valence-corrected chi connectivity index (χ4v) is 6.51. The smallest absolute Gasteiger partial charge is 0.325 e. The minimum atomic E-state index is -0.809. The van der Waals surface area contributed by atoms with Gasteiger partial charge in [-0.15, -0.1) is 11.3 Å². The number of nitrogens with one attached hydrogen (secondary N) is 1. The molecule has 2 atom stereocenters. The van der Waals surface area contributed by atoms with Crippen LogP contribution in [0.3, 0.4) is 0 Å². The molecule has 4 amide bonds. The second kappa shape index (κ2) is 9.91. The van der Waals surface area contributed by atoms with Crippen molar-refractivity contribution in [2.45, 2.75) is 69.9 Å². The predicted molar refractivity (Wildman–Crippen MR) is 125 cm³/mol. The van der Waals surface area contributed by atoms with Crippen LogP contribution in [-0.2, 0) is 16.0 Å². The van der Waals surface area contributed by atoms with E-state index >= 15 is 0 Å². The van der Waals surface area contributed by atoms with Gasteiger partial charge in [0, 0.05) is 30.6 Å². The van der Waals surface area contributed by atoms with Crippen molar-refractivity contribution in [2.24, 2.45) is 5.92 Å². The van der Waals surface area contributed by atoms with E-state index in [-0.39, 0.29) is 23.8 Å². The highest BCUT2D eigenvalue weighted by Gasteiger charge is 2.55. The molecule has 8 heteroatoms. The first-order valence-corrected chi connectivity index (χ1v) is 13.0. The fourth-order valence-electron chi connectivity index (χ4n) is 5.81. The summed E-state index contributed by atoms with van der Waals surface area (Å²) >= 11 is 1.61. The van der Waals surface area contributed by atoms with Gasteiger partial charge in [0.05, 0.1) is 6.42 Å². The van der Waals surface area contributed by atoms with Gasteiger partial charge in [0.15, 0.2) is 0 Å². The molecular weight excluding hydrogens is 424 g/mol. The van der Waals surface area contributed by atoms with Crippen LogP contribution in [0.4, 0.5) is 4.79 Å². The zero-order chi connectivity index (χ0) is 22.7. The summed E-state index contributed by atoms with van der Waals surface area (Å²) in [6.07, 6.45) is 6.61. The van der Waals surface area contributed by atoms with E-state index in [4.69, 9.17) is 0 Å². The van der Waals surface area contributed by atoms with E-state index in [1.807, 2.05) is 22.4 Å². The maximum Gasteiger partial charge on any atom is 0.325 e. The van der Waals surface area contributed by atoms with Crippen molar-refractivity contribution in [3.63, 3.8) is 0 Å². The molecule has 4 heterocycles. The van der Waals surface area contributed by atoms with Gasteiger partial charge >= 0.3 is 6.03 Å². The van der Waals surface area contributed by atoms with Crippen LogP contribution >= 0.6 is 11.3 Å². The van der Waals surface area contributed by atoms with E-state index in [9.17, 15) is 14.4 Å². The van der Waals surface area contributed by atoms with Crippen LogP contribution in [0.2, 0.25) is 0 Å². The van der Waals surface area contributed by atoms with Crippen molar-refractivity contribution >= 4 is 29.2 Å². The minimum Gasteiger partial charge on any atom is -0.342 e. The maximum absolute atomic E-state index is 13.6. The summed E-state index contributed by atoms with van der Waals surface area (Å²) in [7, 11) is 2.12. The molecule has 176 valence electrons. The Labute approximate surface area is 195 Å². The predicted octanol–water partition coefficient (Wildman–Crippen LogP) is 3.10. The van der Waals surface area contributed by atoms with Crippen LogP contribution in [0.5, 0.6) is 0 Å². The van der Waals surface area contributed by atoms with Crippen LogP contribution in [0, 0.1) is 5.92 Å². The molecule has 0 spiro atoms. The molecule has 0 bridgehead atoms. The minimum absolute atomic E-state index is 0.0478. The normalized spacial score (nSPS) is 27.4. The zero-order valence-electron chi connectivity index (χ0n) is 19.3. The molecule has 0 aliphatic carbocycles. The molecule has 0 aromatic carbocycles. The molecule has 1 aromatic rings. The summed E-state index contributed by atoms with van der Waals surface area (Å²) < 4.78 is 0. The Morgan fingerprint density at radius 1 is 1.22 bits per heavy atom. The molecule has 7 nitrogen and oxygen atoms in total. The summed E-state index contributed by atoms with van der Waals surface area (Å²) in [4.78, 5) is 46.0. The summed E-state index contributed by atoms with van der Waals surface area (Å²) in [6, 6.07) is 4.18. The van der Waals surface area contributed by atoms with Crippen molar-refractivity contribution in [3.8, 4) is 0 Å². The molecule has 3 aliphatic heterocycles. The molecule has 0 saturated carbocycles. The highest BCUT2D eigenvalue weighted by molar-refractivity contribution is 7.10.